The smallest absolute Gasteiger partial charge is 0.233 e. The van der Waals surface area contributed by atoms with E-state index in [0.717, 1.165) is 19.3 Å². The Bertz CT molecular complexity index is 311. The average molecular weight is 220 g/mol. The molecule has 1 amide bonds. The third-order valence-electron chi connectivity index (χ3n) is 2.51. The van der Waals surface area contributed by atoms with Gasteiger partial charge in [0.2, 0.25) is 5.91 Å². The number of carbonyl (C=O) groups excluding carboxylic acids is 1. The molecule has 0 fully saturated rings. The number of nitrogens with one attached hydrogen (secondary N) is 1. The van der Waals surface area contributed by atoms with Crippen LogP contribution >= 0.6 is 0 Å². The number of hydrogen-bond donors (Lipinski definition) is 2. The lowest BCUT2D eigenvalue weighted by molar-refractivity contribution is -0.120. The SMILES string of the molecule is CCCC(Cc1ccccc1)NC(=O)CN. The molecule has 0 bridgehead atoms. The van der Waals surface area contributed by atoms with Crippen LogP contribution in [0.3, 0.4) is 0 Å². The number of carbonyl (C=O) groups is 1. The van der Waals surface area contributed by atoms with Crippen LogP contribution in [0.15, 0.2) is 30.3 Å². The zero-order valence-electron chi connectivity index (χ0n) is 9.78. The molecule has 1 aromatic rings. The van der Waals surface area contributed by atoms with Crippen LogP contribution < -0.4 is 11.1 Å². The molecular formula is C13H20N2O. The average Bonchev–Trinajstić information content (AvgIpc) is 2.30. The first-order valence-corrected chi connectivity index (χ1v) is 5.79. The van der Waals surface area contributed by atoms with Crippen LogP contribution in [0, 0.1) is 0 Å². The van der Waals surface area contributed by atoms with Crippen LogP contribution in [0.5, 0.6) is 0 Å². The molecule has 88 valence electrons. The maximum Gasteiger partial charge on any atom is 0.233 e. The summed E-state index contributed by atoms with van der Waals surface area (Å²) in [7, 11) is 0. The van der Waals surface area contributed by atoms with E-state index in [1.165, 1.54) is 5.56 Å². The van der Waals surface area contributed by atoms with Crippen LogP contribution in [0.1, 0.15) is 25.3 Å². The van der Waals surface area contributed by atoms with E-state index in [0.29, 0.717) is 0 Å². The number of amides is 1. The van der Waals surface area contributed by atoms with Crippen LogP contribution in [-0.2, 0) is 11.2 Å². The maximum atomic E-state index is 11.3. The topological polar surface area (TPSA) is 55.1 Å². The molecule has 3 nitrogen and oxygen atoms in total. The predicted octanol–water partition coefficient (Wildman–Crippen LogP) is 1.47. The van der Waals surface area contributed by atoms with Crippen LogP contribution in [-0.4, -0.2) is 18.5 Å². The molecule has 0 spiro atoms. The molecule has 0 aliphatic heterocycles. The minimum absolute atomic E-state index is 0.0645. The van der Waals surface area contributed by atoms with Crippen molar-refractivity contribution in [3.63, 3.8) is 0 Å². The monoisotopic (exact) mass is 220 g/mol. The standard InChI is InChI=1S/C13H20N2O/c1-2-6-12(15-13(16)10-14)9-11-7-4-3-5-8-11/h3-5,7-8,12H,2,6,9-10,14H2,1H3,(H,15,16). The van der Waals surface area contributed by atoms with Gasteiger partial charge in [0, 0.05) is 6.04 Å². The van der Waals surface area contributed by atoms with Crippen molar-refractivity contribution in [2.45, 2.75) is 32.2 Å². The second kappa shape index (κ2) is 7.01. The molecular weight excluding hydrogens is 200 g/mol. The van der Waals surface area contributed by atoms with Crippen molar-refractivity contribution in [3.05, 3.63) is 35.9 Å². The second-order valence-corrected chi connectivity index (χ2v) is 3.95. The van der Waals surface area contributed by atoms with Gasteiger partial charge in [-0.15, -0.1) is 0 Å². The molecule has 3 heteroatoms. The third-order valence-corrected chi connectivity index (χ3v) is 2.51. The van der Waals surface area contributed by atoms with E-state index in [2.05, 4.69) is 24.4 Å². The van der Waals surface area contributed by atoms with Gasteiger partial charge < -0.3 is 11.1 Å². The van der Waals surface area contributed by atoms with E-state index in [1.54, 1.807) is 0 Å². The summed E-state index contributed by atoms with van der Waals surface area (Å²) in [6, 6.07) is 10.4. The Labute approximate surface area is 97.0 Å². The molecule has 0 aromatic heterocycles. The molecule has 0 saturated heterocycles. The molecule has 1 atom stereocenters. The largest absolute Gasteiger partial charge is 0.352 e. The first kappa shape index (κ1) is 12.7. The summed E-state index contributed by atoms with van der Waals surface area (Å²) in [4.78, 5) is 11.3. The van der Waals surface area contributed by atoms with Crippen molar-refractivity contribution in [3.8, 4) is 0 Å². The van der Waals surface area contributed by atoms with E-state index < -0.39 is 0 Å². The van der Waals surface area contributed by atoms with Crippen LogP contribution in [0.4, 0.5) is 0 Å². The molecule has 0 aliphatic rings. The molecule has 0 saturated carbocycles. The molecule has 3 N–H and O–H groups in total. The van der Waals surface area contributed by atoms with Crippen molar-refractivity contribution in [2.75, 3.05) is 6.54 Å². The highest BCUT2D eigenvalue weighted by Gasteiger charge is 2.10. The summed E-state index contributed by atoms with van der Waals surface area (Å²) in [5.74, 6) is -0.0746. The highest BCUT2D eigenvalue weighted by atomic mass is 16.1. The van der Waals surface area contributed by atoms with Gasteiger partial charge >= 0.3 is 0 Å². The van der Waals surface area contributed by atoms with Crippen molar-refractivity contribution in [1.29, 1.82) is 0 Å². The van der Waals surface area contributed by atoms with Gasteiger partial charge in [0.05, 0.1) is 6.54 Å². The Hall–Kier alpha value is -1.35. The van der Waals surface area contributed by atoms with E-state index in [9.17, 15) is 4.79 Å². The molecule has 1 rings (SSSR count). The first-order valence-electron chi connectivity index (χ1n) is 5.79. The fourth-order valence-electron chi connectivity index (χ4n) is 1.76. The summed E-state index contributed by atoms with van der Waals surface area (Å²) in [5, 5.41) is 2.95. The summed E-state index contributed by atoms with van der Waals surface area (Å²) >= 11 is 0. The Morgan fingerprint density at radius 3 is 2.62 bits per heavy atom. The zero-order chi connectivity index (χ0) is 11.8. The van der Waals surface area contributed by atoms with Crippen molar-refractivity contribution in [1.82, 2.24) is 5.32 Å². The van der Waals surface area contributed by atoms with Gasteiger partial charge in [0.15, 0.2) is 0 Å². The molecule has 0 radical (unpaired) electrons. The predicted molar refractivity (Wildman–Crippen MR) is 66.0 cm³/mol. The second-order valence-electron chi connectivity index (χ2n) is 3.95. The van der Waals surface area contributed by atoms with Crippen LogP contribution in [0.2, 0.25) is 0 Å². The van der Waals surface area contributed by atoms with E-state index in [4.69, 9.17) is 5.73 Å². The fraction of sp³-hybridized carbons (Fsp3) is 0.462. The number of benzene rings is 1. The Morgan fingerprint density at radius 2 is 2.06 bits per heavy atom. The van der Waals surface area contributed by atoms with Crippen molar-refractivity contribution >= 4 is 5.91 Å². The van der Waals surface area contributed by atoms with Gasteiger partial charge in [-0.2, -0.15) is 0 Å². The Kier molecular flexibility index (Phi) is 5.57. The number of nitrogens with two attached hydrogens (primary N) is 1. The fourth-order valence-corrected chi connectivity index (χ4v) is 1.76. The molecule has 0 heterocycles. The van der Waals surface area contributed by atoms with Crippen LogP contribution in [0.25, 0.3) is 0 Å². The lowest BCUT2D eigenvalue weighted by Gasteiger charge is -2.17. The van der Waals surface area contributed by atoms with E-state index in [-0.39, 0.29) is 18.5 Å². The molecule has 16 heavy (non-hydrogen) atoms. The minimum atomic E-state index is -0.0746. The lowest BCUT2D eigenvalue weighted by atomic mass is 10.0. The summed E-state index contributed by atoms with van der Waals surface area (Å²) in [5.41, 5.74) is 6.55. The van der Waals surface area contributed by atoms with Gasteiger partial charge in [-0.25, -0.2) is 0 Å². The third kappa shape index (κ3) is 4.45. The van der Waals surface area contributed by atoms with Gasteiger partial charge in [0.25, 0.3) is 0 Å². The number of rotatable bonds is 6. The summed E-state index contributed by atoms with van der Waals surface area (Å²) in [6.45, 7) is 2.18. The molecule has 0 aliphatic carbocycles. The van der Waals surface area contributed by atoms with Crippen molar-refractivity contribution in [2.24, 2.45) is 5.73 Å². The normalized spacial score (nSPS) is 12.1. The van der Waals surface area contributed by atoms with Gasteiger partial charge in [-0.3, -0.25) is 4.79 Å². The lowest BCUT2D eigenvalue weighted by Crippen LogP contribution is -2.39. The van der Waals surface area contributed by atoms with Gasteiger partial charge in [-0.05, 0) is 18.4 Å². The van der Waals surface area contributed by atoms with Gasteiger partial charge in [-0.1, -0.05) is 43.7 Å². The Morgan fingerprint density at radius 1 is 1.38 bits per heavy atom. The van der Waals surface area contributed by atoms with Gasteiger partial charge in [0.1, 0.15) is 0 Å². The molecule has 1 unspecified atom stereocenters. The molecule has 1 aromatic carbocycles. The highest BCUT2D eigenvalue weighted by Crippen LogP contribution is 2.07. The summed E-state index contributed by atoms with van der Waals surface area (Å²) < 4.78 is 0. The van der Waals surface area contributed by atoms with E-state index in [1.807, 2.05) is 18.2 Å². The minimum Gasteiger partial charge on any atom is -0.352 e. The van der Waals surface area contributed by atoms with E-state index >= 15 is 0 Å². The maximum absolute atomic E-state index is 11.3. The van der Waals surface area contributed by atoms with Crippen molar-refractivity contribution < 1.29 is 4.79 Å². The Balaban J connectivity index is 2.54. The summed E-state index contributed by atoms with van der Waals surface area (Å²) in [6.07, 6.45) is 2.92. The first-order chi connectivity index (χ1) is 7.76. The zero-order valence-corrected chi connectivity index (χ0v) is 9.78. The highest BCUT2D eigenvalue weighted by molar-refractivity contribution is 5.78. The number of hydrogen-bond acceptors (Lipinski definition) is 2. The quantitative estimate of drug-likeness (QED) is 0.763.